The van der Waals surface area contributed by atoms with E-state index in [0.717, 1.165) is 15.7 Å². The van der Waals surface area contributed by atoms with Crippen LogP contribution in [0.25, 0.3) is 16.9 Å². The van der Waals surface area contributed by atoms with E-state index >= 15 is 0 Å². The molecule has 0 aliphatic carbocycles. The summed E-state index contributed by atoms with van der Waals surface area (Å²) in [7, 11) is 0. The van der Waals surface area contributed by atoms with E-state index in [9.17, 15) is 4.79 Å². The number of carboxylic acid groups (broad SMARTS) is 1. The summed E-state index contributed by atoms with van der Waals surface area (Å²) in [4.78, 5) is 15.5. The van der Waals surface area contributed by atoms with Crippen molar-refractivity contribution in [1.29, 1.82) is 0 Å². The fourth-order valence-electron chi connectivity index (χ4n) is 1.99. The van der Waals surface area contributed by atoms with Gasteiger partial charge in [0.15, 0.2) is 0 Å². The second-order valence-corrected chi connectivity index (χ2v) is 4.82. The zero-order valence-corrected chi connectivity index (χ0v) is 11.3. The highest BCUT2D eigenvalue weighted by Gasteiger charge is 2.12. The summed E-state index contributed by atoms with van der Waals surface area (Å²) in [6, 6.07) is 12.5. The predicted octanol–water partition coefficient (Wildman–Crippen LogP) is 3.46. The molecular weight excluding hydrogens is 308 g/mol. The molecule has 1 N–H and O–H groups in total. The Morgan fingerprint density at radius 3 is 2.84 bits per heavy atom. The second-order valence-electron chi connectivity index (χ2n) is 4.07. The van der Waals surface area contributed by atoms with Gasteiger partial charge in [0.1, 0.15) is 10.4 Å². The third kappa shape index (κ3) is 2.02. The molecule has 0 saturated carbocycles. The molecule has 4 nitrogen and oxygen atoms in total. The Balaban J connectivity index is 2.25. The zero-order chi connectivity index (χ0) is 13.4. The maximum Gasteiger partial charge on any atom is 0.335 e. The van der Waals surface area contributed by atoms with Crippen molar-refractivity contribution in [2.45, 2.75) is 0 Å². The van der Waals surface area contributed by atoms with Crippen LogP contribution < -0.4 is 0 Å². The topological polar surface area (TPSA) is 54.6 Å². The molecule has 1 aromatic carbocycles. The quantitative estimate of drug-likeness (QED) is 0.787. The summed E-state index contributed by atoms with van der Waals surface area (Å²) >= 11 is 3.41. The van der Waals surface area contributed by atoms with Gasteiger partial charge in [-0.1, -0.05) is 18.2 Å². The highest BCUT2D eigenvalue weighted by atomic mass is 79.9. The molecule has 0 fully saturated rings. The van der Waals surface area contributed by atoms with Gasteiger partial charge in [0.25, 0.3) is 0 Å². The van der Waals surface area contributed by atoms with E-state index in [0.29, 0.717) is 5.82 Å². The number of carbonyl (C=O) groups is 1. The number of aromatic carboxylic acids is 1. The lowest BCUT2D eigenvalue weighted by Crippen LogP contribution is -1.97. The fourth-order valence-corrected chi connectivity index (χ4v) is 2.49. The normalized spacial score (nSPS) is 10.8. The van der Waals surface area contributed by atoms with Gasteiger partial charge in [-0.15, -0.1) is 0 Å². The lowest BCUT2D eigenvalue weighted by molar-refractivity contribution is 0.0697. The van der Waals surface area contributed by atoms with Crippen LogP contribution >= 0.6 is 15.9 Å². The number of pyridine rings is 1. The lowest BCUT2D eigenvalue weighted by atomic mass is 10.1. The summed E-state index contributed by atoms with van der Waals surface area (Å²) in [5, 5.41) is 9.04. The van der Waals surface area contributed by atoms with E-state index in [1.165, 1.54) is 0 Å². The largest absolute Gasteiger partial charge is 0.478 e. The highest BCUT2D eigenvalue weighted by molar-refractivity contribution is 9.10. The van der Waals surface area contributed by atoms with E-state index in [1.54, 1.807) is 18.2 Å². The number of hydrogen-bond acceptors (Lipinski definition) is 2. The van der Waals surface area contributed by atoms with E-state index < -0.39 is 5.97 Å². The van der Waals surface area contributed by atoms with Crippen molar-refractivity contribution in [3.63, 3.8) is 0 Å². The van der Waals surface area contributed by atoms with Crippen molar-refractivity contribution >= 4 is 27.4 Å². The summed E-state index contributed by atoms with van der Waals surface area (Å²) < 4.78 is 2.66. The minimum atomic E-state index is -0.943. The van der Waals surface area contributed by atoms with Crippen LogP contribution in [-0.2, 0) is 0 Å². The third-order valence-electron chi connectivity index (χ3n) is 2.87. The average Bonchev–Trinajstić information content (AvgIpc) is 2.77. The first kappa shape index (κ1) is 11.9. The number of carboxylic acids is 1. The van der Waals surface area contributed by atoms with Crippen molar-refractivity contribution in [2.24, 2.45) is 0 Å². The molecule has 0 unspecified atom stereocenters. The molecule has 19 heavy (non-hydrogen) atoms. The van der Waals surface area contributed by atoms with Gasteiger partial charge in [0.2, 0.25) is 0 Å². The van der Waals surface area contributed by atoms with Gasteiger partial charge in [-0.3, -0.25) is 4.40 Å². The molecule has 0 aliphatic heterocycles. The first-order valence-corrected chi connectivity index (χ1v) is 6.42. The van der Waals surface area contributed by atoms with Crippen molar-refractivity contribution in [1.82, 2.24) is 9.38 Å². The summed E-state index contributed by atoms with van der Waals surface area (Å²) in [6.07, 6.45) is 1.90. The van der Waals surface area contributed by atoms with Gasteiger partial charge in [-0.2, -0.15) is 0 Å². The second kappa shape index (κ2) is 4.51. The van der Waals surface area contributed by atoms with Crippen molar-refractivity contribution in [3.8, 4) is 11.4 Å². The molecule has 0 amide bonds. The molecule has 0 aliphatic rings. The molecule has 0 bridgehead atoms. The monoisotopic (exact) mass is 316 g/mol. The third-order valence-corrected chi connectivity index (χ3v) is 3.45. The number of imidazole rings is 1. The predicted molar refractivity (Wildman–Crippen MR) is 75.3 cm³/mol. The summed E-state index contributed by atoms with van der Waals surface area (Å²) in [5.41, 5.74) is 1.96. The van der Waals surface area contributed by atoms with Crippen LogP contribution in [0.2, 0.25) is 0 Å². The molecule has 94 valence electrons. The number of aromatic nitrogens is 2. The molecular formula is C14H9BrN2O2. The van der Waals surface area contributed by atoms with Gasteiger partial charge < -0.3 is 5.11 Å². The molecule has 5 heteroatoms. The first-order chi connectivity index (χ1) is 9.16. The number of hydrogen-bond donors (Lipinski definition) is 1. The summed E-state index contributed by atoms with van der Waals surface area (Å²) in [6.45, 7) is 0. The van der Waals surface area contributed by atoms with Crippen molar-refractivity contribution < 1.29 is 9.90 Å². The van der Waals surface area contributed by atoms with E-state index in [4.69, 9.17) is 5.11 Å². The Morgan fingerprint density at radius 2 is 2.05 bits per heavy atom. The van der Waals surface area contributed by atoms with Crippen LogP contribution in [0.15, 0.2) is 53.3 Å². The minimum Gasteiger partial charge on any atom is -0.478 e. The van der Waals surface area contributed by atoms with Crippen LogP contribution in [0.1, 0.15) is 10.4 Å². The molecule has 3 rings (SSSR count). The van der Waals surface area contributed by atoms with E-state index in [2.05, 4.69) is 20.9 Å². The fraction of sp³-hybridized carbons (Fsp3) is 0. The average molecular weight is 317 g/mol. The zero-order valence-electron chi connectivity index (χ0n) is 9.75. The Bertz CT molecular complexity index is 780. The first-order valence-electron chi connectivity index (χ1n) is 5.63. The molecule has 0 atom stereocenters. The smallest absolute Gasteiger partial charge is 0.335 e. The van der Waals surface area contributed by atoms with Crippen LogP contribution in [0.4, 0.5) is 0 Å². The van der Waals surface area contributed by atoms with Crippen LogP contribution in [0.5, 0.6) is 0 Å². The summed E-state index contributed by atoms with van der Waals surface area (Å²) in [5.74, 6) is -0.229. The molecule has 3 aromatic rings. The van der Waals surface area contributed by atoms with Crippen LogP contribution in [0.3, 0.4) is 0 Å². The number of rotatable bonds is 2. The molecule has 0 radical (unpaired) electrons. The van der Waals surface area contributed by atoms with E-state index in [1.807, 2.05) is 34.9 Å². The van der Waals surface area contributed by atoms with Gasteiger partial charge in [-0.05, 0) is 40.2 Å². The molecule has 2 heterocycles. The number of benzene rings is 1. The van der Waals surface area contributed by atoms with Gasteiger partial charge in [0.05, 0.1) is 11.1 Å². The number of halogens is 1. The van der Waals surface area contributed by atoms with Crippen molar-refractivity contribution in [3.05, 3.63) is 58.8 Å². The molecule has 0 spiro atoms. The Kier molecular flexibility index (Phi) is 2.83. The maximum atomic E-state index is 11.0. The van der Waals surface area contributed by atoms with Crippen LogP contribution in [0, 0.1) is 0 Å². The maximum absolute atomic E-state index is 11.0. The minimum absolute atomic E-state index is 0.251. The standard InChI is InChI=1S/C14H9BrN2O2/c15-12-11-6-1-2-7-17(11)13(16-12)9-4-3-5-10(8-9)14(18)19/h1-8H,(H,18,19). The number of nitrogens with zero attached hydrogens (tertiary/aromatic N) is 2. The Morgan fingerprint density at radius 1 is 1.21 bits per heavy atom. The Hall–Kier alpha value is -2.14. The van der Waals surface area contributed by atoms with Gasteiger partial charge in [0, 0.05) is 11.8 Å². The SMILES string of the molecule is O=C(O)c1cccc(-c2nc(Br)c3ccccn23)c1. The van der Waals surface area contributed by atoms with Crippen LogP contribution in [-0.4, -0.2) is 20.5 Å². The van der Waals surface area contributed by atoms with Gasteiger partial charge in [-0.25, -0.2) is 9.78 Å². The van der Waals surface area contributed by atoms with Crippen molar-refractivity contribution in [2.75, 3.05) is 0 Å². The lowest BCUT2D eigenvalue weighted by Gasteiger charge is -2.02. The molecule has 2 aromatic heterocycles. The van der Waals surface area contributed by atoms with Gasteiger partial charge >= 0.3 is 5.97 Å². The number of fused-ring (bicyclic) bond motifs is 1. The molecule has 0 saturated heterocycles. The highest BCUT2D eigenvalue weighted by Crippen LogP contribution is 2.26. The Labute approximate surface area is 117 Å². The van der Waals surface area contributed by atoms with E-state index in [-0.39, 0.29) is 5.56 Å².